The molecule has 1 aliphatic heterocycles. The number of phenolic OH excluding ortho intramolecular Hbond substituents is 1. The summed E-state index contributed by atoms with van der Waals surface area (Å²) in [5.41, 5.74) is 1.28. The first-order chi connectivity index (χ1) is 12.7. The van der Waals surface area contributed by atoms with Gasteiger partial charge < -0.3 is 9.84 Å². The lowest BCUT2D eigenvalue weighted by atomic mass is 9.68. The fourth-order valence-electron chi connectivity index (χ4n) is 3.67. The number of likely N-dealkylation sites (tertiary alicyclic amines) is 1. The number of hydrogen-bond acceptors (Lipinski definition) is 4. The van der Waals surface area contributed by atoms with Crippen LogP contribution in [0.3, 0.4) is 0 Å². The summed E-state index contributed by atoms with van der Waals surface area (Å²) in [4.78, 5) is 23.7. The van der Waals surface area contributed by atoms with Gasteiger partial charge in [-0.25, -0.2) is 0 Å². The number of methoxy groups -OCH3 is 1. The summed E-state index contributed by atoms with van der Waals surface area (Å²) in [6.07, 6.45) is 3.49. The number of halogens is 4. The number of amides is 2. The van der Waals surface area contributed by atoms with Gasteiger partial charge in [0.15, 0.2) is 21.2 Å². The van der Waals surface area contributed by atoms with Gasteiger partial charge in [-0.05, 0) is 52.3 Å². The SMILES string of the molecule is C=CC1=CCC2(Cl)C(=O)N(CBr)C(=O)C2(Cl)C1c1cc(I)c(O)c(OC)c1. The average molecular weight is 587 g/mol. The van der Waals surface area contributed by atoms with Crippen LogP contribution in [0.25, 0.3) is 0 Å². The van der Waals surface area contributed by atoms with Crippen LogP contribution in [0.2, 0.25) is 0 Å². The van der Waals surface area contributed by atoms with Crippen LogP contribution in [0, 0.1) is 3.57 Å². The predicted octanol–water partition coefficient (Wildman–Crippen LogP) is 4.28. The number of phenols is 1. The molecule has 3 unspecified atom stereocenters. The van der Waals surface area contributed by atoms with Gasteiger partial charge >= 0.3 is 0 Å². The third kappa shape index (κ3) is 2.76. The van der Waals surface area contributed by atoms with Gasteiger partial charge in [0, 0.05) is 5.92 Å². The Morgan fingerprint density at radius 3 is 2.67 bits per heavy atom. The molecule has 2 aliphatic rings. The number of benzene rings is 1. The van der Waals surface area contributed by atoms with Gasteiger partial charge in [0.05, 0.1) is 16.1 Å². The van der Waals surface area contributed by atoms with Crippen molar-refractivity contribution in [3.05, 3.63) is 45.6 Å². The molecule has 0 spiro atoms. The van der Waals surface area contributed by atoms with Gasteiger partial charge in [0.2, 0.25) is 0 Å². The molecule has 27 heavy (non-hydrogen) atoms. The fourth-order valence-corrected chi connectivity index (χ4v) is 5.63. The van der Waals surface area contributed by atoms with E-state index in [9.17, 15) is 14.7 Å². The van der Waals surface area contributed by atoms with Crippen LogP contribution in [0.4, 0.5) is 0 Å². The van der Waals surface area contributed by atoms with Crippen molar-refractivity contribution in [3.8, 4) is 11.5 Å². The fraction of sp³-hybridized carbons (Fsp3) is 0.333. The standard InChI is InChI=1S/C18H15BrCl2INO4/c1-3-9-4-5-17(20)15(25)23(8-19)16(26)18(17,21)13(9)10-6-11(22)14(24)12(7-10)27-2/h3-4,6-7,13,24H,1,5,8H2,2H3. The topological polar surface area (TPSA) is 66.8 Å². The van der Waals surface area contributed by atoms with E-state index in [0.29, 0.717) is 14.7 Å². The molecule has 9 heteroatoms. The number of fused-ring (bicyclic) bond motifs is 1. The number of imide groups is 1. The summed E-state index contributed by atoms with van der Waals surface area (Å²) < 4.78 is 5.76. The Hall–Kier alpha value is -0.770. The maximum atomic E-state index is 13.2. The lowest BCUT2D eigenvalue weighted by molar-refractivity contribution is -0.138. The van der Waals surface area contributed by atoms with Crippen LogP contribution >= 0.6 is 61.7 Å². The maximum Gasteiger partial charge on any atom is 0.254 e. The molecular formula is C18H15BrCl2INO4. The minimum atomic E-state index is -1.73. The maximum absolute atomic E-state index is 13.2. The summed E-state index contributed by atoms with van der Waals surface area (Å²) in [6.45, 7) is 3.82. The van der Waals surface area contributed by atoms with Crippen LogP contribution in [0.5, 0.6) is 11.5 Å². The third-order valence-electron chi connectivity index (χ3n) is 5.03. The second kappa shape index (κ2) is 7.24. The zero-order valence-corrected chi connectivity index (χ0v) is 19.4. The van der Waals surface area contributed by atoms with E-state index in [-0.39, 0.29) is 23.4 Å². The van der Waals surface area contributed by atoms with Gasteiger partial charge in [-0.15, -0.1) is 23.2 Å². The number of carbonyl (C=O) groups excluding carboxylic acids is 2. The molecular weight excluding hydrogens is 572 g/mol. The molecule has 0 radical (unpaired) electrons. The zero-order valence-electron chi connectivity index (χ0n) is 14.1. The number of rotatable bonds is 4. The Morgan fingerprint density at radius 2 is 2.11 bits per heavy atom. The van der Waals surface area contributed by atoms with Crippen molar-refractivity contribution in [2.45, 2.75) is 22.1 Å². The molecule has 1 saturated heterocycles. The normalized spacial score (nSPS) is 30.2. The summed E-state index contributed by atoms with van der Waals surface area (Å²) in [6, 6.07) is 3.29. The van der Waals surface area contributed by atoms with Crippen molar-refractivity contribution in [2.24, 2.45) is 0 Å². The molecule has 2 amide bonds. The van der Waals surface area contributed by atoms with Crippen molar-refractivity contribution < 1.29 is 19.4 Å². The van der Waals surface area contributed by atoms with E-state index in [1.54, 1.807) is 24.3 Å². The summed E-state index contributed by atoms with van der Waals surface area (Å²) in [7, 11) is 1.43. The predicted molar refractivity (Wildman–Crippen MR) is 116 cm³/mol. The number of aromatic hydroxyl groups is 1. The molecule has 1 N–H and O–H groups in total. The van der Waals surface area contributed by atoms with E-state index >= 15 is 0 Å². The highest BCUT2D eigenvalue weighted by molar-refractivity contribution is 14.1. The van der Waals surface area contributed by atoms with E-state index in [4.69, 9.17) is 27.9 Å². The molecule has 5 nitrogen and oxygen atoms in total. The molecule has 0 aromatic heterocycles. The zero-order chi connectivity index (χ0) is 20.1. The number of carbonyl (C=O) groups is 2. The Labute approximate surface area is 188 Å². The Kier molecular flexibility index (Phi) is 5.62. The van der Waals surface area contributed by atoms with Crippen LogP contribution in [0.1, 0.15) is 17.9 Å². The minimum absolute atomic E-state index is 0.000181. The van der Waals surface area contributed by atoms with E-state index in [0.717, 1.165) is 4.90 Å². The van der Waals surface area contributed by atoms with Gasteiger partial charge in [-0.3, -0.25) is 14.5 Å². The van der Waals surface area contributed by atoms with Crippen molar-refractivity contribution in [1.29, 1.82) is 0 Å². The first-order valence-electron chi connectivity index (χ1n) is 7.86. The quantitative estimate of drug-likeness (QED) is 0.248. The number of allylic oxidation sites excluding steroid dienone is 3. The molecule has 0 bridgehead atoms. The Morgan fingerprint density at radius 1 is 1.44 bits per heavy atom. The smallest absolute Gasteiger partial charge is 0.254 e. The largest absolute Gasteiger partial charge is 0.504 e. The van der Waals surface area contributed by atoms with Crippen molar-refractivity contribution in [2.75, 3.05) is 12.6 Å². The van der Waals surface area contributed by atoms with Crippen LogP contribution in [-0.2, 0) is 9.59 Å². The third-order valence-corrected chi connectivity index (χ3v) is 7.76. The highest BCUT2D eigenvalue weighted by atomic mass is 127. The first-order valence-corrected chi connectivity index (χ1v) is 10.8. The molecule has 1 aromatic carbocycles. The van der Waals surface area contributed by atoms with Crippen LogP contribution in [-0.4, -0.2) is 44.1 Å². The molecule has 144 valence electrons. The van der Waals surface area contributed by atoms with Gasteiger partial charge in [0.25, 0.3) is 11.8 Å². The highest BCUT2D eigenvalue weighted by Crippen LogP contribution is 2.59. The number of nitrogens with zero attached hydrogens (tertiary/aromatic N) is 1. The molecule has 1 fully saturated rings. The van der Waals surface area contributed by atoms with Gasteiger partial charge in [-0.2, -0.15) is 0 Å². The summed E-state index contributed by atoms with van der Waals surface area (Å²) >= 11 is 18.8. The van der Waals surface area contributed by atoms with Gasteiger partial charge in [-0.1, -0.05) is 34.7 Å². The second-order valence-electron chi connectivity index (χ2n) is 6.27. The van der Waals surface area contributed by atoms with E-state index in [2.05, 4.69) is 22.5 Å². The van der Waals surface area contributed by atoms with E-state index < -0.39 is 27.5 Å². The number of hydrogen-bond donors (Lipinski definition) is 1. The minimum Gasteiger partial charge on any atom is -0.504 e. The van der Waals surface area contributed by atoms with Crippen molar-refractivity contribution in [1.82, 2.24) is 4.90 Å². The average Bonchev–Trinajstić information content (AvgIpc) is 2.80. The monoisotopic (exact) mass is 585 g/mol. The van der Waals surface area contributed by atoms with Crippen LogP contribution in [0.15, 0.2) is 36.4 Å². The lowest BCUT2D eigenvalue weighted by Gasteiger charge is -2.42. The molecule has 3 rings (SSSR count). The molecule has 3 atom stereocenters. The first kappa shape index (κ1) is 21.0. The Bertz CT molecular complexity index is 892. The van der Waals surface area contributed by atoms with Gasteiger partial charge in [0.1, 0.15) is 0 Å². The summed E-state index contributed by atoms with van der Waals surface area (Å²) in [5.74, 6) is -1.63. The molecule has 1 aliphatic carbocycles. The summed E-state index contributed by atoms with van der Waals surface area (Å²) in [5, 5.41) is 10.2. The number of alkyl halides is 3. The van der Waals surface area contributed by atoms with E-state index in [1.165, 1.54) is 7.11 Å². The lowest BCUT2D eigenvalue weighted by Crippen LogP contribution is -2.54. The Balaban J connectivity index is 2.30. The molecule has 0 saturated carbocycles. The number of ether oxygens (including phenoxy) is 1. The van der Waals surface area contributed by atoms with E-state index in [1.807, 2.05) is 22.6 Å². The highest BCUT2D eigenvalue weighted by Gasteiger charge is 2.72. The second-order valence-corrected chi connectivity index (χ2v) is 9.17. The van der Waals surface area contributed by atoms with Crippen molar-refractivity contribution in [3.63, 3.8) is 0 Å². The van der Waals surface area contributed by atoms with Crippen LogP contribution < -0.4 is 4.74 Å². The molecule has 1 aromatic rings. The molecule has 1 heterocycles. The van der Waals surface area contributed by atoms with Crippen molar-refractivity contribution >= 4 is 73.5 Å².